The summed E-state index contributed by atoms with van der Waals surface area (Å²) in [4.78, 5) is 20.6. The Morgan fingerprint density at radius 2 is 2.22 bits per heavy atom. The average molecular weight is 334 g/mol. The van der Waals surface area contributed by atoms with E-state index in [0.29, 0.717) is 11.2 Å². The SMILES string of the molecule is CC(=O)N1CCCCC1C1=CCCN(Cc2ccc(Cl)nc2)C1. The number of hydrogen-bond donors (Lipinski definition) is 0. The van der Waals surface area contributed by atoms with E-state index >= 15 is 0 Å². The van der Waals surface area contributed by atoms with E-state index in [-0.39, 0.29) is 5.91 Å². The topological polar surface area (TPSA) is 36.4 Å². The van der Waals surface area contributed by atoms with Crippen LogP contribution in [-0.2, 0) is 11.3 Å². The molecule has 0 aliphatic carbocycles. The predicted molar refractivity (Wildman–Crippen MR) is 92.3 cm³/mol. The van der Waals surface area contributed by atoms with Gasteiger partial charge in [-0.3, -0.25) is 9.69 Å². The first-order valence-corrected chi connectivity index (χ1v) is 8.80. The minimum atomic E-state index is 0.203. The van der Waals surface area contributed by atoms with E-state index in [1.54, 1.807) is 6.92 Å². The summed E-state index contributed by atoms with van der Waals surface area (Å²) in [7, 11) is 0. The van der Waals surface area contributed by atoms with Gasteiger partial charge in [0.1, 0.15) is 5.15 Å². The Labute approximate surface area is 143 Å². The lowest BCUT2D eigenvalue weighted by Crippen LogP contribution is -2.46. The molecule has 124 valence electrons. The number of amides is 1. The molecule has 0 aromatic carbocycles. The zero-order valence-electron chi connectivity index (χ0n) is 13.7. The first-order valence-electron chi connectivity index (χ1n) is 8.42. The fourth-order valence-electron chi connectivity index (χ4n) is 3.66. The van der Waals surface area contributed by atoms with Crippen molar-refractivity contribution in [1.82, 2.24) is 14.8 Å². The highest BCUT2D eigenvalue weighted by Gasteiger charge is 2.29. The molecule has 1 unspecified atom stereocenters. The van der Waals surface area contributed by atoms with Gasteiger partial charge in [-0.25, -0.2) is 4.98 Å². The molecule has 1 aromatic heterocycles. The van der Waals surface area contributed by atoms with Crippen LogP contribution < -0.4 is 0 Å². The maximum Gasteiger partial charge on any atom is 0.219 e. The molecule has 5 heteroatoms. The van der Waals surface area contributed by atoms with Crippen LogP contribution in [0, 0.1) is 0 Å². The van der Waals surface area contributed by atoms with Gasteiger partial charge in [-0.15, -0.1) is 0 Å². The molecule has 1 aromatic rings. The quantitative estimate of drug-likeness (QED) is 0.629. The Bertz CT molecular complexity index is 584. The molecule has 2 aliphatic rings. The van der Waals surface area contributed by atoms with E-state index in [1.165, 1.54) is 17.6 Å². The Kier molecular flexibility index (Phi) is 5.34. The molecule has 2 aliphatic heterocycles. The largest absolute Gasteiger partial charge is 0.336 e. The first kappa shape index (κ1) is 16.5. The Hall–Kier alpha value is -1.39. The van der Waals surface area contributed by atoms with E-state index in [1.807, 2.05) is 18.3 Å². The zero-order chi connectivity index (χ0) is 16.2. The molecule has 4 nitrogen and oxygen atoms in total. The monoisotopic (exact) mass is 333 g/mol. The third kappa shape index (κ3) is 4.12. The van der Waals surface area contributed by atoms with Crippen LogP contribution in [-0.4, -0.2) is 46.4 Å². The minimum Gasteiger partial charge on any atom is -0.336 e. The molecule has 1 saturated heterocycles. The van der Waals surface area contributed by atoms with Gasteiger partial charge in [-0.2, -0.15) is 0 Å². The summed E-state index contributed by atoms with van der Waals surface area (Å²) in [5, 5.41) is 0.535. The van der Waals surface area contributed by atoms with Gasteiger partial charge in [0.15, 0.2) is 0 Å². The lowest BCUT2D eigenvalue weighted by atomic mass is 9.92. The van der Waals surface area contributed by atoms with E-state index in [0.717, 1.165) is 45.4 Å². The Balaban J connectivity index is 1.66. The lowest BCUT2D eigenvalue weighted by molar-refractivity contribution is -0.131. The van der Waals surface area contributed by atoms with Crippen molar-refractivity contribution >= 4 is 17.5 Å². The molecular formula is C18H24ClN3O. The zero-order valence-corrected chi connectivity index (χ0v) is 14.4. The van der Waals surface area contributed by atoms with Crippen LogP contribution >= 0.6 is 11.6 Å². The molecule has 1 atom stereocenters. The van der Waals surface area contributed by atoms with E-state index < -0.39 is 0 Å². The van der Waals surface area contributed by atoms with Crippen LogP contribution in [0.1, 0.15) is 38.2 Å². The summed E-state index contributed by atoms with van der Waals surface area (Å²) in [6, 6.07) is 4.18. The number of hydrogen-bond acceptors (Lipinski definition) is 3. The fourth-order valence-corrected chi connectivity index (χ4v) is 3.77. The van der Waals surface area contributed by atoms with Crippen molar-refractivity contribution in [3.05, 3.63) is 40.7 Å². The molecule has 23 heavy (non-hydrogen) atoms. The number of aromatic nitrogens is 1. The van der Waals surface area contributed by atoms with Crippen LogP contribution in [0.15, 0.2) is 30.0 Å². The number of likely N-dealkylation sites (tertiary alicyclic amines) is 1. The molecule has 0 radical (unpaired) electrons. The van der Waals surface area contributed by atoms with Gasteiger partial charge in [-0.05, 0) is 42.9 Å². The number of rotatable bonds is 3. The number of carbonyl (C=O) groups is 1. The summed E-state index contributed by atoms with van der Waals surface area (Å²) < 4.78 is 0. The molecule has 0 bridgehead atoms. The molecular weight excluding hydrogens is 310 g/mol. The highest BCUT2D eigenvalue weighted by Crippen LogP contribution is 2.26. The summed E-state index contributed by atoms with van der Waals surface area (Å²) >= 11 is 5.85. The second kappa shape index (κ2) is 7.45. The first-order chi connectivity index (χ1) is 11.1. The van der Waals surface area contributed by atoms with Crippen molar-refractivity contribution in [3.8, 4) is 0 Å². The van der Waals surface area contributed by atoms with Gasteiger partial charge in [-0.1, -0.05) is 23.7 Å². The van der Waals surface area contributed by atoms with Gasteiger partial charge >= 0.3 is 0 Å². The highest BCUT2D eigenvalue weighted by molar-refractivity contribution is 6.29. The molecule has 0 spiro atoms. The lowest BCUT2D eigenvalue weighted by Gasteiger charge is -2.40. The van der Waals surface area contributed by atoms with Crippen molar-refractivity contribution < 1.29 is 4.79 Å². The summed E-state index contributed by atoms with van der Waals surface area (Å²) in [6.07, 6.45) is 8.70. The third-order valence-electron chi connectivity index (χ3n) is 4.79. The van der Waals surface area contributed by atoms with Gasteiger partial charge in [0, 0.05) is 39.3 Å². The summed E-state index contributed by atoms with van der Waals surface area (Å²) in [5.74, 6) is 0.203. The summed E-state index contributed by atoms with van der Waals surface area (Å²) in [6.45, 7) is 5.47. The normalized spacial score (nSPS) is 22.8. The fraction of sp³-hybridized carbons (Fsp3) is 0.556. The number of carbonyl (C=O) groups excluding carboxylic acids is 1. The predicted octanol–water partition coefficient (Wildman–Crippen LogP) is 3.27. The maximum atomic E-state index is 11.9. The van der Waals surface area contributed by atoms with Crippen LogP contribution in [0.5, 0.6) is 0 Å². The van der Waals surface area contributed by atoms with Gasteiger partial charge in [0.05, 0.1) is 6.04 Å². The molecule has 3 heterocycles. The minimum absolute atomic E-state index is 0.203. The van der Waals surface area contributed by atoms with Gasteiger partial charge < -0.3 is 4.90 Å². The van der Waals surface area contributed by atoms with Gasteiger partial charge in [0.25, 0.3) is 0 Å². The van der Waals surface area contributed by atoms with E-state index in [9.17, 15) is 4.79 Å². The third-order valence-corrected chi connectivity index (χ3v) is 5.01. The van der Waals surface area contributed by atoms with Crippen LogP contribution in [0.25, 0.3) is 0 Å². The Morgan fingerprint density at radius 3 is 2.96 bits per heavy atom. The van der Waals surface area contributed by atoms with Gasteiger partial charge in [0.2, 0.25) is 5.91 Å². The van der Waals surface area contributed by atoms with Crippen molar-refractivity contribution in [2.45, 2.75) is 45.2 Å². The van der Waals surface area contributed by atoms with Crippen molar-refractivity contribution in [2.24, 2.45) is 0 Å². The number of halogens is 1. The number of piperidine rings is 1. The number of nitrogens with zero attached hydrogens (tertiary/aromatic N) is 3. The Morgan fingerprint density at radius 1 is 1.35 bits per heavy atom. The smallest absolute Gasteiger partial charge is 0.219 e. The van der Waals surface area contributed by atoms with E-state index in [4.69, 9.17) is 11.6 Å². The molecule has 3 rings (SSSR count). The average Bonchev–Trinajstić information content (AvgIpc) is 2.57. The van der Waals surface area contributed by atoms with Crippen molar-refractivity contribution in [2.75, 3.05) is 19.6 Å². The summed E-state index contributed by atoms with van der Waals surface area (Å²) in [5.41, 5.74) is 2.59. The van der Waals surface area contributed by atoms with Crippen LogP contribution in [0.4, 0.5) is 0 Å². The second-order valence-electron chi connectivity index (χ2n) is 6.49. The van der Waals surface area contributed by atoms with Crippen molar-refractivity contribution in [3.63, 3.8) is 0 Å². The standard InChI is InChI=1S/C18H24ClN3O/c1-14(23)22-10-3-2-6-17(22)16-5-4-9-21(13-16)12-15-7-8-18(19)20-11-15/h5,7-8,11,17H,2-4,6,9-10,12-13H2,1H3. The molecule has 0 N–H and O–H groups in total. The molecule has 0 saturated carbocycles. The second-order valence-corrected chi connectivity index (χ2v) is 6.88. The highest BCUT2D eigenvalue weighted by atomic mass is 35.5. The number of pyridine rings is 1. The van der Waals surface area contributed by atoms with Crippen molar-refractivity contribution in [1.29, 1.82) is 0 Å². The maximum absolute atomic E-state index is 11.9. The molecule has 1 fully saturated rings. The van der Waals surface area contributed by atoms with E-state index in [2.05, 4.69) is 20.9 Å². The van der Waals surface area contributed by atoms with Crippen LogP contribution in [0.2, 0.25) is 5.15 Å². The van der Waals surface area contributed by atoms with Crippen LogP contribution in [0.3, 0.4) is 0 Å². The molecule has 1 amide bonds.